The number of hydrazine groups is 1. The van der Waals surface area contributed by atoms with E-state index in [0.29, 0.717) is 23.1 Å². The van der Waals surface area contributed by atoms with Gasteiger partial charge in [0.2, 0.25) is 0 Å². The van der Waals surface area contributed by atoms with Crippen LogP contribution in [-0.4, -0.2) is 48.2 Å². The summed E-state index contributed by atoms with van der Waals surface area (Å²) in [7, 11) is 4.78. The Labute approximate surface area is 117 Å². The number of benzene rings is 1. The third kappa shape index (κ3) is 2.02. The average Bonchev–Trinajstić information content (AvgIpc) is 2.76. The maximum atomic E-state index is 12.3. The van der Waals surface area contributed by atoms with Crippen LogP contribution >= 0.6 is 0 Å². The second-order valence-electron chi connectivity index (χ2n) is 4.84. The number of rotatable bonds is 3. The Balaban J connectivity index is 2.68. The predicted molar refractivity (Wildman–Crippen MR) is 72.4 cm³/mol. The van der Waals surface area contributed by atoms with Gasteiger partial charge >= 0.3 is 5.97 Å². The summed E-state index contributed by atoms with van der Waals surface area (Å²) in [5.74, 6) is -0.874. The van der Waals surface area contributed by atoms with Crippen LogP contribution in [0, 0.1) is 0 Å². The van der Waals surface area contributed by atoms with Crippen molar-refractivity contribution < 1.29 is 19.4 Å². The molecule has 1 amide bonds. The molecule has 0 radical (unpaired) electrons. The van der Waals surface area contributed by atoms with Crippen molar-refractivity contribution in [2.24, 2.45) is 0 Å². The van der Waals surface area contributed by atoms with E-state index in [2.05, 4.69) is 0 Å². The van der Waals surface area contributed by atoms with Crippen LogP contribution in [0.1, 0.15) is 38.8 Å². The molecule has 1 N–H and O–H groups in total. The number of hydrogen-bond acceptors (Lipinski definition) is 5. The number of ether oxygens (including phenoxy) is 1. The first-order valence-electron chi connectivity index (χ1n) is 6.37. The molecule has 1 aromatic carbocycles. The number of aromatic hydroxyl groups is 1. The molecule has 0 spiro atoms. The van der Waals surface area contributed by atoms with Crippen LogP contribution in [0.2, 0.25) is 0 Å². The van der Waals surface area contributed by atoms with E-state index in [1.54, 1.807) is 19.1 Å². The molecular weight excluding hydrogens is 260 g/mol. The zero-order valence-corrected chi connectivity index (χ0v) is 12.1. The van der Waals surface area contributed by atoms with Gasteiger partial charge < -0.3 is 9.84 Å². The van der Waals surface area contributed by atoms with E-state index in [0.717, 1.165) is 0 Å². The topological polar surface area (TPSA) is 70.1 Å². The Bertz CT molecular complexity index is 581. The smallest absolute Gasteiger partial charge is 0.338 e. The Morgan fingerprint density at radius 3 is 2.65 bits per heavy atom. The number of nitrogens with zero attached hydrogens (tertiary/aromatic N) is 2. The standard InChI is InChI=1S/C14H18N2O4/c1-5-8-6-10(17)12-9(11(8)14(19)20-4)7-16(13(12)18)15(2)3/h6,17H,5,7H2,1-4H3. The highest BCUT2D eigenvalue weighted by molar-refractivity contribution is 6.05. The number of methoxy groups -OCH3 is 1. The number of amides is 1. The maximum absolute atomic E-state index is 12.3. The van der Waals surface area contributed by atoms with Crippen molar-refractivity contribution >= 4 is 11.9 Å². The number of phenolic OH excluding ortho intramolecular Hbond substituents is 1. The summed E-state index contributed by atoms with van der Waals surface area (Å²) in [6, 6.07) is 1.47. The highest BCUT2D eigenvalue weighted by Crippen LogP contribution is 2.36. The first-order chi connectivity index (χ1) is 9.42. The van der Waals surface area contributed by atoms with Gasteiger partial charge in [0.15, 0.2) is 0 Å². The van der Waals surface area contributed by atoms with Crippen LogP contribution < -0.4 is 0 Å². The van der Waals surface area contributed by atoms with E-state index in [1.165, 1.54) is 18.2 Å². The zero-order valence-electron chi connectivity index (χ0n) is 12.1. The van der Waals surface area contributed by atoms with Crippen LogP contribution in [0.3, 0.4) is 0 Å². The van der Waals surface area contributed by atoms with Gasteiger partial charge in [0, 0.05) is 19.7 Å². The molecule has 1 aromatic rings. The largest absolute Gasteiger partial charge is 0.507 e. The Kier molecular flexibility index (Phi) is 3.67. The molecule has 0 fully saturated rings. The van der Waals surface area contributed by atoms with Gasteiger partial charge in [-0.2, -0.15) is 0 Å². The molecule has 1 heterocycles. The van der Waals surface area contributed by atoms with Crippen molar-refractivity contribution in [1.29, 1.82) is 0 Å². The first-order valence-corrected chi connectivity index (χ1v) is 6.37. The normalized spacial score (nSPS) is 13.8. The van der Waals surface area contributed by atoms with Crippen molar-refractivity contribution in [3.8, 4) is 5.75 Å². The molecule has 20 heavy (non-hydrogen) atoms. The molecule has 0 aliphatic carbocycles. The lowest BCUT2D eigenvalue weighted by atomic mass is 9.95. The van der Waals surface area contributed by atoms with Crippen LogP contribution in [0.4, 0.5) is 0 Å². The highest BCUT2D eigenvalue weighted by Gasteiger charge is 2.36. The number of hydrogen-bond donors (Lipinski definition) is 1. The van der Waals surface area contributed by atoms with Gasteiger partial charge in [-0.3, -0.25) is 9.80 Å². The highest BCUT2D eigenvalue weighted by atomic mass is 16.5. The molecule has 1 aliphatic heterocycles. The zero-order chi connectivity index (χ0) is 15.0. The monoisotopic (exact) mass is 278 g/mol. The van der Waals surface area contributed by atoms with Crippen molar-refractivity contribution in [1.82, 2.24) is 10.0 Å². The van der Waals surface area contributed by atoms with E-state index in [9.17, 15) is 14.7 Å². The third-order valence-electron chi connectivity index (χ3n) is 3.50. The summed E-state index contributed by atoms with van der Waals surface area (Å²) in [6.07, 6.45) is 0.571. The van der Waals surface area contributed by atoms with Crippen LogP contribution in [0.5, 0.6) is 5.75 Å². The van der Waals surface area contributed by atoms with E-state index in [-0.39, 0.29) is 23.8 Å². The fraction of sp³-hybridized carbons (Fsp3) is 0.429. The van der Waals surface area contributed by atoms with E-state index in [4.69, 9.17) is 4.74 Å². The van der Waals surface area contributed by atoms with Gasteiger partial charge in [0.05, 0.1) is 24.8 Å². The molecule has 0 saturated heterocycles. The van der Waals surface area contributed by atoms with Gasteiger partial charge in [-0.1, -0.05) is 6.92 Å². The summed E-state index contributed by atoms with van der Waals surface area (Å²) >= 11 is 0. The predicted octanol–water partition coefficient (Wildman–Crippen LogP) is 1.17. The minimum Gasteiger partial charge on any atom is -0.507 e. The molecule has 0 bridgehead atoms. The van der Waals surface area contributed by atoms with Gasteiger partial charge in [-0.05, 0) is 18.1 Å². The lowest BCUT2D eigenvalue weighted by molar-refractivity contribution is 0.0219. The SMILES string of the molecule is CCc1cc(O)c2c(c1C(=O)OC)CN(N(C)C)C2=O. The number of aryl methyl sites for hydroxylation is 1. The van der Waals surface area contributed by atoms with Crippen LogP contribution in [0.15, 0.2) is 6.07 Å². The number of phenols is 1. The van der Waals surface area contributed by atoms with Gasteiger partial charge in [0.1, 0.15) is 5.75 Å². The third-order valence-corrected chi connectivity index (χ3v) is 3.50. The maximum Gasteiger partial charge on any atom is 0.338 e. The fourth-order valence-corrected chi connectivity index (χ4v) is 2.49. The molecule has 108 valence electrons. The van der Waals surface area contributed by atoms with Crippen LogP contribution in [0.25, 0.3) is 0 Å². The first kappa shape index (κ1) is 14.3. The van der Waals surface area contributed by atoms with Gasteiger partial charge in [-0.15, -0.1) is 0 Å². The molecule has 1 aliphatic rings. The second kappa shape index (κ2) is 5.13. The van der Waals surface area contributed by atoms with Crippen molar-refractivity contribution in [3.05, 3.63) is 28.3 Å². The van der Waals surface area contributed by atoms with Gasteiger partial charge in [0.25, 0.3) is 5.91 Å². The number of carbonyl (C=O) groups is 2. The van der Waals surface area contributed by atoms with Crippen LogP contribution in [-0.2, 0) is 17.7 Å². The van der Waals surface area contributed by atoms with Crippen molar-refractivity contribution in [2.75, 3.05) is 21.2 Å². The van der Waals surface area contributed by atoms with E-state index >= 15 is 0 Å². The minimum atomic E-state index is -0.480. The second-order valence-corrected chi connectivity index (χ2v) is 4.84. The van der Waals surface area contributed by atoms with Gasteiger partial charge in [-0.25, -0.2) is 9.80 Å². The lowest BCUT2D eigenvalue weighted by Crippen LogP contribution is -2.36. The summed E-state index contributed by atoms with van der Waals surface area (Å²) in [5.41, 5.74) is 1.80. The number of fused-ring (bicyclic) bond motifs is 1. The van der Waals surface area contributed by atoms with Crippen molar-refractivity contribution in [3.63, 3.8) is 0 Å². The Morgan fingerprint density at radius 2 is 2.15 bits per heavy atom. The fourth-order valence-electron chi connectivity index (χ4n) is 2.49. The molecule has 0 aromatic heterocycles. The summed E-state index contributed by atoms with van der Waals surface area (Å²) in [5, 5.41) is 13.2. The van der Waals surface area contributed by atoms with E-state index in [1.807, 2.05) is 6.92 Å². The summed E-state index contributed by atoms with van der Waals surface area (Å²) < 4.78 is 4.81. The molecule has 6 nitrogen and oxygen atoms in total. The quantitative estimate of drug-likeness (QED) is 0.841. The molecular formula is C14H18N2O4. The van der Waals surface area contributed by atoms with E-state index < -0.39 is 5.97 Å². The lowest BCUT2D eigenvalue weighted by Gasteiger charge is -2.23. The number of carbonyl (C=O) groups excluding carboxylic acids is 2. The Morgan fingerprint density at radius 1 is 1.50 bits per heavy atom. The van der Waals surface area contributed by atoms with Crippen molar-refractivity contribution in [2.45, 2.75) is 19.9 Å². The average molecular weight is 278 g/mol. The molecule has 0 atom stereocenters. The molecule has 6 heteroatoms. The Hall–Kier alpha value is -2.08. The number of esters is 1. The molecule has 2 rings (SSSR count). The summed E-state index contributed by atoms with van der Waals surface area (Å²) in [6.45, 7) is 2.14. The molecule has 0 unspecified atom stereocenters. The molecule has 0 saturated carbocycles. The minimum absolute atomic E-state index is 0.0844. The summed E-state index contributed by atoms with van der Waals surface area (Å²) in [4.78, 5) is 24.3.